The van der Waals surface area contributed by atoms with Gasteiger partial charge in [-0.15, -0.1) is 20.4 Å². The monoisotopic (exact) mass is 1960 g/mol. The number of H-pyrrole nitrogens is 2. The first-order chi connectivity index (χ1) is 69.3. The normalized spacial score (nSPS) is 12.0. The van der Waals surface area contributed by atoms with Crippen LogP contribution in [-0.4, -0.2) is 399 Å². The predicted molar refractivity (Wildman–Crippen MR) is 511 cm³/mol. The predicted octanol–water partition coefficient (Wildman–Crippen LogP) is 7.59. The van der Waals surface area contributed by atoms with E-state index in [1.807, 2.05) is 122 Å². The van der Waals surface area contributed by atoms with Crippen LogP contribution in [0.3, 0.4) is 0 Å². The first-order valence-corrected chi connectivity index (χ1v) is 47.3. The fourth-order valence-electron chi connectivity index (χ4n) is 13.3. The minimum atomic E-state index is 0.0819. The van der Waals surface area contributed by atoms with E-state index in [2.05, 4.69) is 51.2 Å². The zero-order chi connectivity index (χ0) is 97.1. The summed E-state index contributed by atoms with van der Waals surface area (Å²) >= 11 is 0. The third-order valence-corrected chi connectivity index (χ3v) is 20.2. The third-order valence-electron chi connectivity index (χ3n) is 20.2. The summed E-state index contributed by atoms with van der Waals surface area (Å²) in [4.78, 5) is 18.1. The Bertz CT molecular complexity index is 4530. The molecule has 9 aromatic rings. The van der Waals surface area contributed by atoms with Gasteiger partial charge in [0.2, 0.25) is 0 Å². The summed E-state index contributed by atoms with van der Waals surface area (Å²) in [7, 11) is 6.56. The number of ether oxygens (including phenoxy) is 28. The Kier molecular flexibility index (Phi) is 54.9. The first-order valence-electron chi connectivity index (χ1n) is 47.3. The molecule has 9 heterocycles. The Morgan fingerprint density at radius 3 is 0.650 bits per heavy atom. The van der Waals surface area contributed by atoms with Crippen LogP contribution >= 0.6 is 0 Å². The van der Waals surface area contributed by atoms with Crippen LogP contribution in [0.1, 0.15) is 45.6 Å². The number of benzene rings is 2. The topological polar surface area (TPSA) is 439 Å². The highest BCUT2D eigenvalue weighted by Crippen LogP contribution is 2.39. The van der Waals surface area contributed by atoms with Gasteiger partial charge in [-0.1, -0.05) is 20.9 Å². The number of hydrogen-bond donors (Lipinski definition) is 2. The molecule has 140 heavy (non-hydrogen) atoms. The second kappa shape index (κ2) is 69.7. The van der Waals surface area contributed by atoms with E-state index in [0.29, 0.717) is 385 Å². The van der Waals surface area contributed by atoms with Gasteiger partial charge in [0.1, 0.15) is 72.2 Å². The zero-order valence-electron chi connectivity index (χ0n) is 81.0. The maximum absolute atomic E-state index is 6.63. The first kappa shape index (κ1) is 110. The fraction of sp³-hybridized carbons (Fsp3) is 0.583. The van der Waals surface area contributed by atoms with Crippen molar-refractivity contribution in [3.8, 4) is 45.3 Å². The second-order valence-corrected chi connectivity index (χ2v) is 30.9. The summed E-state index contributed by atoms with van der Waals surface area (Å²) in [5, 5.41) is 35.3. The smallest absolute Gasteiger partial charge is 0.134 e. The van der Waals surface area contributed by atoms with E-state index in [4.69, 9.17) is 143 Å². The maximum Gasteiger partial charge on any atom is 0.134 e. The zero-order valence-corrected chi connectivity index (χ0v) is 81.0. The van der Waals surface area contributed by atoms with E-state index >= 15 is 0 Å². The molecule has 2 aliphatic rings. The number of rotatable bonds is 86. The van der Waals surface area contributed by atoms with Crippen molar-refractivity contribution < 1.29 is 133 Å². The van der Waals surface area contributed by atoms with E-state index in [-0.39, 0.29) is 26.4 Å². The van der Waals surface area contributed by atoms with Crippen LogP contribution in [0.15, 0.2) is 97.6 Å². The quantitative estimate of drug-likeness (QED) is 0.0346. The van der Waals surface area contributed by atoms with E-state index < -0.39 is 0 Å². The molecule has 44 nitrogen and oxygen atoms in total. The van der Waals surface area contributed by atoms with Crippen LogP contribution in [0.4, 0.5) is 0 Å². The van der Waals surface area contributed by atoms with Crippen LogP contribution < -0.4 is 18.9 Å². The van der Waals surface area contributed by atoms with Crippen molar-refractivity contribution in [2.24, 2.45) is 0 Å². The minimum Gasteiger partial charge on any atom is -0.487 e. The molecule has 7 aromatic heterocycles. The molecule has 44 heteroatoms. The lowest BCUT2D eigenvalue weighted by molar-refractivity contribution is -0.0151. The van der Waals surface area contributed by atoms with Crippen molar-refractivity contribution in [2.75, 3.05) is 319 Å². The highest BCUT2D eigenvalue weighted by Gasteiger charge is 2.20. The summed E-state index contributed by atoms with van der Waals surface area (Å²) in [5.74, 6) is 1.96. The number of hydrogen-bond acceptors (Lipinski definition) is 38. The van der Waals surface area contributed by atoms with Gasteiger partial charge >= 0.3 is 0 Å². The molecular formula is C96H138N16O28. The second-order valence-electron chi connectivity index (χ2n) is 30.9. The molecule has 0 radical (unpaired) electrons. The summed E-state index contributed by atoms with van der Waals surface area (Å²) in [6.07, 6.45) is 15.3. The Morgan fingerprint density at radius 1 is 0.229 bits per heavy atom. The van der Waals surface area contributed by atoms with Gasteiger partial charge in [0, 0.05) is 73.8 Å². The molecule has 0 unspecified atom stereocenters. The lowest BCUT2D eigenvalue weighted by Gasteiger charge is -2.13. The largest absolute Gasteiger partial charge is 0.487 e. The number of fused-ring (bicyclic) bond motifs is 8. The van der Waals surface area contributed by atoms with Crippen molar-refractivity contribution in [1.29, 1.82) is 0 Å². The molecule has 0 spiro atoms. The van der Waals surface area contributed by atoms with Crippen LogP contribution in [0.2, 0.25) is 0 Å². The maximum atomic E-state index is 6.63. The van der Waals surface area contributed by atoms with Gasteiger partial charge in [0.05, 0.1) is 364 Å². The minimum absolute atomic E-state index is 0.0819. The Labute approximate surface area is 815 Å². The molecule has 2 N–H and O–H groups in total. The van der Waals surface area contributed by atoms with Crippen molar-refractivity contribution in [3.63, 3.8) is 0 Å². The number of methoxy groups -OCH3 is 4. The van der Waals surface area contributed by atoms with Crippen LogP contribution in [-0.2, 0) is 166 Å². The molecule has 0 atom stereocenters. The molecule has 0 fully saturated rings. The number of aromatic amines is 2. The van der Waals surface area contributed by atoms with Gasteiger partial charge in [-0.25, -0.2) is 28.7 Å². The molecule has 11 rings (SSSR count). The highest BCUT2D eigenvalue weighted by atomic mass is 16.6. The van der Waals surface area contributed by atoms with Gasteiger partial charge in [-0.3, -0.25) is 0 Å². The fourth-order valence-corrected chi connectivity index (χ4v) is 13.3. The highest BCUT2D eigenvalue weighted by molar-refractivity contribution is 5.94. The van der Waals surface area contributed by atoms with Crippen molar-refractivity contribution in [2.45, 2.75) is 52.6 Å². The molecule has 0 saturated carbocycles. The Hall–Kier alpha value is -10.2. The van der Waals surface area contributed by atoms with Crippen LogP contribution in [0.5, 0.6) is 23.0 Å². The lowest BCUT2D eigenvalue weighted by atomic mass is 10.0. The molecule has 0 aliphatic carbocycles. The van der Waals surface area contributed by atoms with Gasteiger partial charge in [-0.05, 0) is 96.1 Å². The van der Waals surface area contributed by atoms with Crippen LogP contribution in [0, 0.1) is 0 Å². The number of aromatic nitrogens is 16. The van der Waals surface area contributed by atoms with Gasteiger partial charge in [-0.2, -0.15) is 0 Å². The summed E-state index contributed by atoms with van der Waals surface area (Å²) in [5.41, 5.74) is 11.1. The van der Waals surface area contributed by atoms with E-state index in [1.54, 1.807) is 47.2 Å². The van der Waals surface area contributed by atoms with Gasteiger partial charge in [0.25, 0.3) is 0 Å². The summed E-state index contributed by atoms with van der Waals surface area (Å²) in [6, 6.07) is 23.6. The van der Waals surface area contributed by atoms with Gasteiger partial charge < -0.3 is 143 Å². The van der Waals surface area contributed by atoms with Crippen molar-refractivity contribution >= 4 is 46.4 Å². The van der Waals surface area contributed by atoms with Gasteiger partial charge in [0.15, 0.2) is 0 Å². The Balaban J connectivity index is 0.756. The van der Waals surface area contributed by atoms with E-state index in [9.17, 15) is 0 Å². The average Bonchev–Trinajstić information content (AvgIpc) is 1.64. The SMILES string of the molecule is COCCOCCOCCOCCOCCOCCn1cc(COc2cc(OCc3cn(CCOCCOCCOCCOCCOCCOC)nn3)cc(-c3c4nc(cc5ccc([nH]5)c(-c5cc(OCc6cn(CCOCCOCCOCCOCCOCCOC)nn6)cc(OCc6cn(CCOCCOCCOCCOCCOCCOC)nn6)c5)c5nc(cc6ccc3[nH]6)C=C5)C=C4)c2)nn1. The number of nitrogens with zero attached hydrogens (tertiary/aromatic N) is 14. The molecule has 8 bridgehead atoms. The van der Waals surface area contributed by atoms with Crippen molar-refractivity contribution in [1.82, 2.24) is 79.9 Å². The summed E-state index contributed by atoms with van der Waals surface area (Å²) < 4.78 is 166. The van der Waals surface area contributed by atoms with E-state index in [0.717, 1.165) is 44.3 Å². The molecule has 2 aliphatic heterocycles. The average molecular weight is 1960 g/mol. The molecule has 2 aromatic carbocycles. The molecule has 770 valence electrons. The van der Waals surface area contributed by atoms with Crippen molar-refractivity contribution in [3.05, 3.63) is 143 Å². The lowest BCUT2D eigenvalue weighted by Crippen LogP contribution is -2.14. The molecule has 0 amide bonds. The summed E-state index contributed by atoms with van der Waals surface area (Å²) in [6.45, 7) is 22.6. The molecule has 0 saturated heterocycles. The Morgan fingerprint density at radius 2 is 0.436 bits per heavy atom. The van der Waals surface area contributed by atoms with Crippen LogP contribution in [0.25, 0.3) is 68.6 Å². The third kappa shape index (κ3) is 45.0. The standard InChI is InChI=1S/C96H138N16O28/c1-113-21-25-121-37-41-129-53-57-133-49-45-125-33-29-117-17-13-109-69-83(101-105-109)73-137-87-61-77(62-88(67-87)138-74-84-70-110(106-102-84)14-18-118-30-34-126-46-50-134-58-54-130-42-38-122-26-22-114-2)95-91-9-5-79(97-91)65-81-7-11-93(99-81)96(94-12-8-82(100-94)66-80-6-10-92(95)98-80)78-63-89(139-75-85-71-111(107-103-85)15-19-119-31-35-127-47-51-135-59-55-131-43-39-123-27-23-115-3)68-90(64-78)140-76-86-72-112(108-104-86)16-20-120-32-36-128-48-52-136-60-56-132-44-40-124-28-24-116-4/h5-12,61-72,97,100H,13-60,73-76H2,1-4H3. The van der Waals surface area contributed by atoms with E-state index in [1.165, 1.54) is 0 Å². The number of nitrogens with one attached hydrogen (secondary N) is 2. The molecular weight excluding hydrogens is 1830 g/mol.